The van der Waals surface area contributed by atoms with Crippen LogP contribution < -0.4 is 5.73 Å². The van der Waals surface area contributed by atoms with E-state index in [-0.39, 0.29) is 24.0 Å². The van der Waals surface area contributed by atoms with E-state index in [1.807, 2.05) is 0 Å². The molecule has 0 radical (unpaired) electrons. The van der Waals surface area contributed by atoms with E-state index in [0.717, 1.165) is 5.56 Å². The van der Waals surface area contributed by atoms with Gasteiger partial charge in [0.05, 0.1) is 0 Å². The zero-order chi connectivity index (χ0) is 16.8. The molecule has 0 fully saturated rings. The van der Waals surface area contributed by atoms with Crippen LogP contribution in [0, 0.1) is 11.6 Å². The minimum Gasteiger partial charge on any atom is -0.341 e. The Labute approximate surface area is 134 Å². The number of nitrogens with zero attached hydrogens (tertiary/aromatic N) is 1. The number of rotatable bonds is 6. The summed E-state index contributed by atoms with van der Waals surface area (Å²) in [5.41, 5.74) is 7.31. The van der Waals surface area contributed by atoms with E-state index in [0.29, 0.717) is 18.5 Å². The molecule has 1 atom stereocenters. The molecule has 0 spiro atoms. The van der Waals surface area contributed by atoms with Crippen molar-refractivity contribution in [2.45, 2.75) is 25.4 Å². The normalized spacial score (nSPS) is 12.0. The summed E-state index contributed by atoms with van der Waals surface area (Å²) >= 11 is 0. The maximum Gasteiger partial charge on any atom is 0.224 e. The first kappa shape index (κ1) is 17.1. The summed E-state index contributed by atoms with van der Waals surface area (Å²) in [6.45, 7) is 0.380. The molecule has 122 valence electrons. The van der Waals surface area contributed by atoms with Crippen molar-refractivity contribution in [1.82, 2.24) is 4.90 Å². The number of hydrogen-bond acceptors (Lipinski definition) is 2. The lowest BCUT2D eigenvalue weighted by molar-refractivity contribution is -0.130. The van der Waals surface area contributed by atoms with Gasteiger partial charge >= 0.3 is 0 Å². The molecule has 0 aliphatic rings. The Morgan fingerprint density at radius 1 is 1.13 bits per heavy atom. The fourth-order valence-electron chi connectivity index (χ4n) is 2.35. The van der Waals surface area contributed by atoms with Crippen molar-refractivity contribution < 1.29 is 13.6 Å². The molecule has 23 heavy (non-hydrogen) atoms. The number of halogens is 2. The molecule has 3 nitrogen and oxygen atoms in total. The van der Waals surface area contributed by atoms with Gasteiger partial charge in [0, 0.05) is 26.1 Å². The van der Waals surface area contributed by atoms with E-state index in [9.17, 15) is 13.6 Å². The van der Waals surface area contributed by atoms with Crippen LogP contribution in [0.3, 0.4) is 0 Å². The van der Waals surface area contributed by atoms with Gasteiger partial charge in [-0.1, -0.05) is 30.3 Å². The van der Waals surface area contributed by atoms with Crippen LogP contribution in [0.25, 0.3) is 0 Å². The van der Waals surface area contributed by atoms with Gasteiger partial charge in [0.2, 0.25) is 5.91 Å². The van der Waals surface area contributed by atoms with E-state index < -0.39 is 6.04 Å². The van der Waals surface area contributed by atoms with Crippen LogP contribution in [0.5, 0.6) is 0 Å². The highest BCUT2D eigenvalue weighted by molar-refractivity contribution is 5.76. The number of nitrogens with two attached hydrogens (primary N) is 1. The molecule has 0 saturated carbocycles. The van der Waals surface area contributed by atoms with Gasteiger partial charge in [-0.2, -0.15) is 0 Å². The molecule has 2 rings (SSSR count). The van der Waals surface area contributed by atoms with Gasteiger partial charge in [-0.15, -0.1) is 0 Å². The smallest absolute Gasteiger partial charge is 0.224 e. The maximum atomic E-state index is 13.6. The molecule has 0 unspecified atom stereocenters. The molecule has 2 N–H and O–H groups in total. The Morgan fingerprint density at radius 2 is 1.78 bits per heavy atom. The molecule has 0 aliphatic heterocycles. The Morgan fingerprint density at radius 3 is 2.43 bits per heavy atom. The minimum absolute atomic E-state index is 0.127. The van der Waals surface area contributed by atoms with Crippen LogP contribution >= 0.6 is 0 Å². The summed E-state index contributed by atoms with van der Waals surface area (Å²) in [5.74, 6) is -0.747. The number of hydrogen-bond donors (Lipinski definition) is 1. The van der Waals surface area contributed by atoms with Crippen LogP contribution in [-0.2, 0) is 17.8 Å². The van der Waals surface area contributed by atoms with E-state index in [4.69, 9.17) is 5.73 Å². The van der Waals surface area contributed by atoms with Crippen molar-refractivity contribution in [1.29, 1.82) is 0 Å². The monoisotopic (exact) mass is 318 g/mol. The van der Waals surface area contributed by atoms with Crippen LogP contribution in [0.1, 0.15) is 17.5 Å². The highest BCUT2D eigenvalue weighted by Crippen LogP contribution is 2.11. The second-order valence-corrected chi connectivity index (χ2v) is 5.64. The van der Waals surface area contributed by atoms with E-state index in [1.165, 1.54) is 23.1 Å². The van der Waals surface area contributed by atoms with Gasteiger partial charge < -0.3 is 10.6 Å². The minimum atomic E-state index is -0.449. The summed E-state index contributed by atoms with van der Waals surface area (Å²) in [6.07, 6.45) is 0.439. The van der Waals surface area contributed by atoms with Crippen molar-refractivity contribution in [3.63, 3.8) is 0 Å². The Bertz CT molecular complexity index is 658. The zero-order valence-corrected chi connectivity index (χ0v) is 13.0. The molecule has 2 aromatic carbocycles. The summed E-state index contributed by atoms with van der Waals surface area (Å²) in [4.78, 5) is 13.7. The average molecular weight is 318 g/mol. The van der Waals surface area contributed by atoms with Gasteiger partial charge in [-0.05, 0) is 35.7 Å². The third-order valence-corrected chi connectivity index (χ3v) is 3.64. The lowest BCUT2D eigenvalue weighted by atomic mass is 10.0. The predicted molar refractivity (Wildman–Crippen MR) is 85.6 cm³/mol. The number of carbonyl (C=O) groups is 1. The van der Waals surface area contributed by atoms with Crippen LogP contribution in [0.4, 0.5) is 8.78 Å². The molecular weight excluding hydrogens is 298 g/mol. The summed E-state index contributed by atoms with van der Waals surface area (Å²) in [7, 11) is 1.67. The topological polar surface area (TPSA) is 46.3 Å². The maximum absolute atomic E-state index is 13.6. The average Bonchev–Trinajstić information content (AvgIpc) is 2.51. The van der Waals surface area contributed by atoms with Crippen LogP contribution in [-0.4, -0.2) is 23.9 Å². The Hall–Kier alpha value is -2.27. The second-order valence-electron chi connectivity index (χ2n) is 5.64. The Balaban J connectivity index is 1.87. The van der Waals surface area contributed by atoms with E-state index >= 15 is 0 Å². The first-order valence-corrected chi connectivity index (χ1v) is 7.43. The van der Waals surface area contributed by atoms with Gasteiger partial charge in [0.1, 0.15) is 11.6 Å². The Kier molecular flexibility index (Phi) is 5.82. The molecule has 2 aromatic rings. The lowest BCUT2D eigenvalue weighted by Crippen LogP contribution is -2.34. The molecule has 0 saturated heterocycles. The fraction of sp³-hybridized carbons (Fsp3) is 0.278. The first-order chi connectivity index (χ1) is 11.0. The van der Waals surface area contributed by atoms with Gasteiger partial charge in [-0.3, -0.25) is 4.79 Å². The van der Waals surface area contributed by atoms with Gasteiger partial charge in [-0.25, -0.2) is 8.78 Å². The molecular formula is C18H20F2N2O. The van der Waals surface area contributed by atoms with Crippen LogP contribution in [0.2, 0.25) is 0 Å². The molecule has 0 heterocycles. The fourth-order valence-corrected chi connectivity index (χ4v) is 2.35. The lowest BCUT2D eigenvalue weighted by Gasteiger charge is -2.20. The SMILES string of the molecule is CN(Cc1ccc(F)cc1)C(=O)C[C@H](N)Cc1ccccc1F. The highest BCUT2D eigenvalue weighted by Gasteiger charge is 2.16. The highest BCUT2D eigenvalue weighted by atomic mass is 19.1. The van der Waals surface area contributed by atoms with Gasteiger partial charge in [0.15, 0.2) is 0 Å². The molecule has 0 aromatic heterocycles. The summed E-state index contributed by atoms with van der Waals surface area (Å²) in [6, 6.07) is 12.0. The molecule has 0 aliphatic carbocycles. The molecule has 5 heteroatoms. The standard InChI is InChI=1S/C18H20F2N2O/c1-22(12-13-6-8-15(19)9-7-13)18(23)11-16(21)10-14-4-2-3-5-17(14)20/h2-9,16H,10-12,21H2,1H3/t16-/m1/s1. The van der Waals surface area contributed by atoms with E-state index in [2.05, 4.69) is 0 Å². The predicted octanol–water partition coefficient (Wildman–Crippen LogP) is 2.88. The number of benzene rings is 2. The number of carbonyl (C=O) groups excluding carboxylic acids is 1. The van der Waals surface area contributed by atoms with Crippen molar-refractivity contribution in [2.24, 2.45) is 5.73 Å². The van der Waals surface area contributed by atoms with E-state index in [1.54, 1.807) is 37.4 Å². The quantitative estimate of drug-likeness (QED) is 0.890. The zero-order valence-electron chi connectivity index (χ0n) is 13.0. The summed E-state index contributed by atoms with van der Waals surface area (Å²) in [5, 5.41) is 0. The first-order valence-electron chi connectivity index (χ1n) is 7.43. The third kappa shape index (κ3) is 5.14. The third-order valence-electron chi connectivity index (χ3n) is 3.64. The number of amides is 1. The largest absolute Gasteiger partial charge is 0.341 e. The summed E-state index contributed by atoms with van der Waals surface area (Å²) < 4.78 is 26.5. The second kappa shape index (κ2) is 7.83. The van der Waals surface area contributed by atoms with Gasteiger partial charge in [0.25, 0.3) is 0 Å². The molecule has 0 bridgehead atoms. The van der Waals surface area contributed by atoms with Crippen LogP contribution in [0.15, 0.2) is 48.5 Å². The molecule has 1 amide bonds. The van der Waals surface area contributed by atoms with Crippen molar-refractivity contribution >= 4 is 5.91 Å². The van der Waals surface area contributed by atoms with Crippen molar-refractivity contribution in [3.8, 4) is 0 Å². The van der Waals surface area contributed by atoms with Crippen molar-refractivity contribution in [2.75, 3.05) is 7.05 Å². The van der Waals surface area contributed by atoms with Crippen molar-refractivity contribution in [3.05, 3.63) is 71.3 Å².